The molecular formula is C8H11NO4. The van der Waals surface area contributed by atoms with Crippen molar-refractivity contribution in [3.8, 4) is 0 Å². The molecule has 2 N–H and O–H groups in total. The van der Waals surface area contributed by atoms with Gasteiger partial charge in [0.05, 0.1) is 5.92 Å². The minimum atomic E-state index is -0.828. The first-order valence-corrected chi connectivity index (χ1v) is 4.37. The van der Waals surface area contributed by atoms with Crippen LogP contribution in [0.15, 0.2) is 0 Å². The Morgan fingerprint density at radius 1 is 1.54 bits per heavy atom. The number of amides is 1. The number of carboxylic acid groups (broad SMARTS) is 1. The van der Waals surface area contributed by atoms with Crippen LogP contribution in [0.5, 0.6) is 0 Å². The molecule has 0 aromatic rings. The van der Waals surface area contributed by atoms with E-state index in [1.54, 1.807) is 0 Å². The fourth-order valence-corrected chi connectivity index (χ4v) is 2.03. The van der Waals surface area contributed by atoms with E-state index in [1.807, 2.05) is 0 Å². The number of hydrogen-bond donors (Lipinski definition) is 2. The van der Waals surface area contributed by atoms with Crippen molar-refractivity contribution in [1.82, 2.24) is 5.32 Å². The summed E-state index contributed by atoms with van der Waals surface area (Å²) in [6.07, 6.45) is 1.33. The Morgan fingerprint density at radius 2 is 2.31 bits per heavy atom. The lowest BCUT2D eigenvalue weighted by Crippen LogP contribution is -2.54. The number of aliphatic carboxylic acids is 1. The van der Waals surface area contributed by atoms with Crippen LogP contribution in [0, 0.1) is 5.92 Å². The lowest BCUT2D eigenvalue weighted by molar-refractivity contribution is -0.145. The van der Waals surface area contributed by atoms with Gasteiger partial charge in [0.2, 0.25) is 0 Å². The van der Waals surface area contributed by atoms with Gasteiger partial charge in [0.25, 0.3) is 0 Å². The number of carbonyl (C=O) groups is 2. The van der Waals surface area contributed by atoms with Crippen LogP contribution in [-0.2, 0) is 9.53 Å². The third-order valence-corrected chi connectivity index (χ3v) is 2.70. The highest BCUT2D eigenvalue weighted by atomic mass is 16.6. The molecular weight excluding hydrogens is 174 g/mol. The molecule has 1 saturated carbocycles. The van der Waals surface area contributed by atoms with Gasteiger partial charge in [0.15, 0.2) is 0 Å². The zero-order chi connectivity index (χ0) is 9.42. The highest BCUT2D eigenvalue weighted by molar-refractivity contribution is 5.74. The zero-order valence-electron chi connectivity index (χ0n) is 7.03. The molecule has 1 amide bonds. The van der Waals surface area contributed by atoms with Crippen LogP contribution >= 0.6 is 0 Å². The SMILES string of the molecule is O=C1N[C@@H]2C[C@H](CCC2C(=O)O)O1. The summed E-state index contributed by atoms with van der Waals surface area (Å²) >= 11 is 0. The van der Waals surface area contributed by atoms with Gasteiger partial charge in [-0.15, -0.1) is 0 Å². The van der Waals surface area contributed by atoms with Gasteiger partial charge in [0, 0.05) is 12.5 Å². The van der Waals surface area contributed by atoms with E-state index in [1.165, 1.54) is 0 Å². The summed E-state index contributed by atoms with van der Waals surface area (Å²) in [6, 6.07) is -0.238. The molecule has 1 saturated heterocycles. The van der Waals surface area contributed by atoms with E-state index >= 15 is 0 Å². The molecule has 0 aromatic carbocycles. The minimum absolute atomic E-state index is 0.0747. The molecule has 5 nitrogen and oxygen atoms in total. The van der Waals surface area contributed by atoms with Gasteiger partial charge < -0.3 is 15.2 Å². The number of carbonyl (C=O) groups excluding carboxylic acids is 1. The van der Waals surface area contributed by atoms with Gasteiger partial charge in [-0.1, -0.05) is 0 Å². The molecule has 0 radical (unpaired) electrons. The van der Waals surface area contributed by atoms with E-state index in [0.717, 1.165) is 0 Å². The van der Waals surface area contributed by atoms with Crippen LogP contribution in [0.4, 0.5) is 4.79 Å². The van der Waals surface area contributed by atoms with Crippen molar-refractivity contribution in [1.29, 1.82) is 0 Å². The predicted octanol–water partition coefficient (Wildman–Crippen LogP) is 0.348. The minimum Gasteiger partial charge on any atom is -0.481 e. The van der Waals surface area contributed by atoms with Crippen molar-refractivity contribution < 1.29 is 19.4 Å². The first-order chi connectivity index (χ1) is 6.16. The molecule has 2 fully saturated rings. The second-order valence-corrected chi connectivity index (χ2v) is 3.54. The van der Waals surface area contributed by atoms with Crippen molar-refractivity contribution in [3.05, 3.63) is 0 Å². The van der Waals surface area contributed by atoms with Crippen molar-refractivity contribution >= 4 is 12.1 Å². The summed E-state index contributed by atoms with van der Waals surface area (Å²) in [5.41, 5.74) is 0. The maximum Gasteiger partial charge on any atom is 0.407 e. The summed E-state index contributed by atoms with van der Waals surface area (Å²) in [6.45, 7) is 0. The smallest absolute Gasteiger partial charge is 0.407 e. The third-order valence-electron chi connectivity index (χ3n) is 2.70. The molecule has 2 aliphatic rings. The average molecular weight is 185 g/mol. The molecule has 1 aliphatic heterocycles. The highest BCUT2D eigenvalue weighted by Crippen LogP contribution is 2.29. The quantitative estimate of drug-likeness (QED) is 0.618. The average Bonchev–Trinajstić information content (AvgIpc) is 2.02. The van der Waals surface area contributed by atoms with Gasteiger partial charge in [-0.2, -0.15) is 0 Å². The fraction of sp³-hybridized carbons (Fsp3) is 0.750. The van der Waals surface area contributed by atoms with Crippen molar-refractivity contribution in [2.24, 2.45) is 5.92 Å². The summed E-state index contributed by atoms with van der Waals surface area (Å²) < 4.78 is 4.94. The summed E-state index contributed by atoms with van der Waals surface area (Å²) in [5.74, 6) is -1.27. The Hall–Kier alpha value is -1.26. The van der Waals surface area contributed by atoms with Gasteiger partial charge in [-0.25, -0.2) is 4.79 Å². The van der Waals surface area contributed by atoms with E-state index in [0.29, 0.717) is 19.3 Å². The molecule has 3 atom stereocenters. The second kappa shape index (κ2) is 2.90. The number of ether oxygens (including phenoxy) is 1. The van der Waals surface area contributed by atoms with Gasteiger partial charge in [-0.05, 0) is 12.8 Å². The van der Waals surface area contributed by atoms with Gasteiger partial charge in [-0.3, -0.25) is 4.79 Å². The van der Waals surface area contributed by atoms with Crippen LogP contribution in [0.2, 0.25) is 0 Å². The van der Waals surface area contributed by atoms with Crippen molar-refractivity contribution in [2.45, 2.75) is 31.4 Å². The van der Waals surface area contributed by atoms with Gasteiger partial charge in [0.1, 0.15) is 6.10 Å². The highest BCUT2D eigenvalue weighted by Gasteiger charge is 2.40. The number of carboxylic acids is 1. The first kappa shape index (κ1) is 8.34. The van der Waals surface area contributed by atoms with Crippen LogP contribution in [0.1, 0.15) is 19.3 Å². The van der Waals surface area contributed by atoms with E-state index in [2.05, 4.69) is 5.32 Å². The van der Waals surface area contributed by atoms with E-state index < -0.39 is 18.0 Å². The third kappa shape index (κ3) is 1.46. The Kier molecular flexibility index (Phi) is 1.86. The first-order valence-electron chi connectivity index (χ1n) is 4.37. The van der Waals surface area contributed by atoms with Crippen LogP contribution in [0.3, 0.4) is 0 Å². The standard InChI is InChI=1S/C8H11NO4/c10-7(11)5-2-1-4-3-6(5)9-8(12)13-4/h4-6H,1-3H2,(H,9,12)(H,10,11)/t4-,5?,6+/m0/s1. The second-order valence-electron chi connectivity index (χ2n) is 3.54. The summed E-state index contributed by atoms with van der Waals surface area (Å²) in [5, 5.41) is 11.4. The number of rotatable bonds is 1. The fourth-order valence-electron chi connectivity index (χ4n) is 2.03. The maximum atomic E-state index is 10.9. The molecule has 0 spiro atoms. The van der Waals surface area contributed by atoms with Gasteiger partial charge >= 0.3 is 12.1 Å². The van der Waals surface area contributed by atoms with Crippen molar-refractivity contribution in [3.63, 3.8) is 0 Å². The van der Waals surface area contributed by atoms with Crippen LogP contribution < -0.4 is 5.32 Å². The molecule has 13 heavy (non-hydrogen) atoms. The van der Waals surface area contributed by atoms with Crippen LogP contribution in [0.25, 0.3) is 0 Å². The van der Waals surface area contributed by atoms with E-state index in [-0.39, 0.29) is 12.1 Å². The Labute approximate surface area is 75.1 Å². The zero-order valence-corrected chi connectivity index (χ0v) is 7.03. The van der Waals surface area contributed by atoms with E-state index in [9.17, 15) is 9.59 Å². The molecule has 1 aliphatic carbocycles. The Bertz CT molecular complexity index is 251. The Morgan fingerprint density at radius 3 is 3.00 bits per heavy atom. The molecule has 5 heteroatoms. The summed E-state index contributed by atoms with van der Waals surface area (Å²) in [4.78, 5) is 21.7. The molecule has 0 aromatic heterocycles. The maximum absolute atomic E-state index is 10.9. The van der Waals surface area contributed by atoms with Crippen molar-refractivity contribution in [2.75, 3.05) is 0 Å². The molecule has 1 unspecified atom stereocenters. The Balaban J connectivity index is 2.10. The lowest BCUT2D eigenvalue weighted by Gasteiger charge is -2.38. The number of nitrogens with one attached hydrogen (secondary N) is 1. The largest absolute Gasteiger partial charge is 0.481 e. The molecule has 2 bridgehead atoms. The predicted molar refractivity (Wildman–Crippen MR) is 42.2 cm³/mol. The molecule has 72 valence electrons. The molecule has 1 heterocycles. The lowest BCUT2D eigenvalue weighted by atomic mass is 9.82. The molecule has 2 rings (SSSR count). The summed E-state index contributed by atoms with van der Waals surface area (Å²) in [7, 11) is 0. The van der Waals surface area contributed by atoms with E-state index in [4.69, 9.17) is 9.84 Å². The number of fused-ring (bicyclic) bond motifs is 2. The monoisotopic (exact) mass is 185 g/mol. The number of alkyl carbamates (subject to hydrolysis) is 1. The van der Waals surface area contributed by atoms with Crippen LogP contribution in [-0.4, -0.2) is 29.3 Å². The number of hydrogen-bond acceptors (Lipinski definition) is 3. The normalized spacial score (nSPS) is 37.5. The topological polar surface area (TPSA) is 75.6 Å².